The van der Waals surface area contributed by atoms with Gasteiger partial charge in [-0.1, -0.05) is 12.1 Å². The lowest BCUT2D eigenvalue weighted by molar-refractivity contribution is 0.189. The van der Waals surface area contributed by atoms with E-state index in [1.165, 1.54) is 16.8 Å². The molecule has 0 aliphatic carbocycles. The second-order valence-corrected chi connectivity index (χ2v) is 6.48. The molecule has 1 aliphatic rings. The third kappa shape index (κ3) is 4.86. The second-order valence-electron chi connectivity index (χ2n) is 6.48. The SMILES string of the molecule is Cc1ccc(C)c(N2CCN(C(=O)NC(C)CCCO)CC2)c1. The number of hydrogen-bond donors (Lipinski definition) is 2. The molecule has 0 spiro atoms. The molecule has 1 aliphatic heterocycles. The van der Waals surface area contributed by atoms with Crippen LogP contribution in [0, 0.1) is 13.8 Å². The minimum Gasteiger partial charge on any atom is -0.396 e. The molecule has 2 N–H and O–H groups in total. The van der Waals surface area contributed by atoms with Crippen molar-refractivity contribution in [2.75, 3.05) is 37.7 Å². The monoisotopic (exact) mass is 319 g/mol. The molecule has 5 heteroatoms. The highest BCUT2D eigenvalue weighted by molar-refractivity contribution is 5.75. The van der Waals surface area contributed by atoms with E-state index < -0.39 is 0 Å². The van der Waals surface area contributed by atoms with Crippen molar-refractivity contribution in [3.63, 3.8) is 0 Å². The number of urea groups is 1. The summed E-state index contributed by atoms with van der Waals surface area (Å²) in [4.78, 5) is 16.5. The highest BCUT2D eigenvalue weighted by Gasteiger charge is 2.22. The second kappa shape index (κ2) is 8.20. The Bertz CT molecular complexity index is 525. The summed E-state index contributed by atoms with van der Waals surface area (Å²) < 4.78 is 0. The van der Waals surface area contributed by atoms with Gasteiger partial charge in [-0.3, -0.25) is 0 Å². The average molecular weight is 319 g/mol. The van der Waals surface area contributed by atoms with Crippen molar-refractivity contribution in [1.82, 2.24) is 10.2 Å². The molecule has 1 aromatic rings. The van der Waals surface area contributed by atoms with E-state index in [9.17, 15) is 4.79 Å². The van der Waals surface area contributed by atoms with Crippen LogP contribution in [0.1, 0.15) is 30.9 Å². The number of piperazine rings is 1. The van der Waals surface area contributed by atoms with Gasteiger partial charge in [0, 0.05) is 44.5 Å². The molecule has 5 nitrogen and oxygen atoms in total. The highest BCUT2D eigenvalue weighted by Crippen LogP contribution is 2.22. The van der Waals surface area contributed by atoms with E-state index >= 15 is 0 Å². The number of rotatable bonds is 5. The molecule has 128 valence electrons. The fraction of sp³-hybridized carbons (Fsp3) is 0.611. The number of aryl methyl sites for hydroxylation is 2. The van der Waals surface area contributed by atoms with Crippen LogP contribution < -0.4 is 10.2 Å². The topological polar surface area (TPSA) is 55.8 Å². The van der Waals surface area contributed by atoms with E-state index in [4.69, 9.17) is 5.11 Å². The first-order valence-corrected chi connectivity index (χ1v) is 8.49. The Kier molecular flexibility index (Phi) is 6.28. The van der Waals surface area contributed by atoms with Crippen LogP contribution in [0.2, 0.25) is 0 Å². The minimum absolute atomic E-state index is 0.0102. The third-order valence-electron chi connectivity index (χ3n) is 4.44. The van der Waals surface area contributed by atoms with Gasteiger partial charge in [-0.05, 0) is 50.8 Å². The molecule has 23 heavy (non-hydrogen) atoms. The van der Waals surface area contributed by atoms with Crippen molar-refractivity contribution in [2.24, 2.45) is 0 Å². The fourth-order valence-corrected chi connectivity index (χ4v) is 2.98. The molecule has 0 radical (unpaired) electrons. The molecule has 1 saturated heterocycles. The van der Waals surface area contributed by atoms with Crippen LogP contribution in [-0.4, -0.2) is 54.9 Å². The van der Waals surface area contributed by atoms with Gasteiger partial charge in [0.25, 0.3) is 0 Å². The number of nitrogens with zero attached hydrogens (tertiary/aromatic N) is 2. The van der Waals surface area contributed by atoms with Gasteiger partial charge in [-0.2, -0.15) is 0 Å². The quantitative estimate of drug-likeness (QED) is 0.875. The smallest absolute Gasteiger partial charge is 0.317 e. The van der Waals surface area contributed by atoms with Gasteiger partial charge in [0.15, 0.2) is 0 Å². The van der Waals surface area contributed by atoms with Crippen LogP contribution >= 0.6 is 0 Å². The molecular formula is C18H29N3O2. The van der Waals surface area contributed by atoms with E-state index in [1.807, 2.05) is 11.8 Å². The zero-order valence-corrected chi connectivity index (χ0v) is 14.5. The Morgan fingerprint density at radius 3 is 2.61 bits per heavy atom. The van der Waals surface area contributed by atoms with Crippen LogP contribution in [0.5, 0.6) is 0 Å². The maximum atomic E-state index is 12.3. The number of aliphatic hydroxyl groups is 1. The molecule has 2 amide bonds. The summed E-state index contributed by atoms with van der Waals surface area (Å²) in [7, 11) is 0. The number of amides is 2. The maximum Gasteiger partial charge on any atom is 0.317 e. The summed E-state index contributed by atoms with van der Waals surface area (Å²) >= 11 is 0. The van der Waals surface area contributed by atoms with Crippen LogP contribution in [0.25, 0.3) is 0 Å². The van der Waals surface area contributed by atoms with Gasteiger partial charge in [0.2, 0.25) is 0 Å². The zero-order valence-electron chi connectivity index (χ0n) is 14.5. The van der Waals surface area contributed by atoms with Crippen molar-refractivity contribution in [3.8, 4) is 0 Å². The first-order valence-electron chi connectivity index (χ1n) is 8.49. The molecule has 1 fully saturated rings. The Labute approximate surface area is 139 Å². The predicted molar refractivity (Wildman–Crippen MR) is 94.0 cm³/mol. The molecule has 1 unspecified atom stereocenters. The van der Waals surface area contributed by atoms with Gasteiger partial charge >= 0.3 is 6.03 Å². The Hall–Kier alpha value is -1.75. The third-order valence-corrected chi connectivity index (χ3v) is 4.44. The molecule has 0 saturated carbocycles. The normalized spacial score (nSPS) is 16.3. The standard InChI is InChI=1S/C18H29N3O2/c1-14-6-7-15(2)17(13-14)20-8-10-21(11-9-20)18(23)19-16(3)5-4-12-22/h6-7,13,16,22H,4-5,8-12H2,1-3H3,(H,19,23). The molecular weight excluding hydrogens is 290 g/mol. The molecule has 1 aromatic carbocycles. The van der Waals surface area contributed by atoms with Crippen LogP contribution in [0.3, 0.4) is 0 Å². The van der Waals surface area contributed by atoms with Crippen molar-refractivity contribution < 1.29 is 9.90 Å². The number of carbonyl (C=O) groups excluding carboxylic acids is 1. The van der Waals surface area contributed by atoms with Crippen molar-refractivity contribution in [2.45, 2.75) is 39.7 Å². The molecule has 1 atom stereocenters. The number of hydrogen-bond acceptors (Lipinski definition) is 3. The summed E-state index contributed by atoms with van der Waals surface area (Å²) in [5.41, 5.74) is 3.83. The Balaban J connectivity index is 1.86. The first kappa shape index (κ1) is 17.6. The fourth-order valence-electron chi connectivity index (χ4n) is 2.98. The number of anilines is 1. The lowest BCUT2D eigenvalue weighted by atomic mass is 10.1. The first-order chi connectivity index (χ1) is 11.0. The van der Waals surface area contributed by atoms with Crippen LogP contribution in [0.15, 0.2) is 18.2 Å². The van der Waals surface area contributed by atoms with Crippen molar-refractivity contribution in [3.05, 3.63) is 29.3 Å². The largest absolute Gasteiger partial charge is 0.396 e. The molecule has 0 aromatic heterocycles. The van der Waals surface area contributed by atoms with Gasteiger partial charge in [-0.15, -0.1) is 0 Å². The number of benzene rings is 1. The average Bonchev–Trinajstić information content (AvgIpc) is 2.55. The van der Waals surface area contributed by atoms with E-state index in [0.29, 0.717) is 0 Å². The maximum absolute atomic E-state index is 12.3. The van der Waals surface area contributed by atoms with E-state index in [1.54, 1.807) is 0 Å². The lowest BCUT2D eigenvalue weighted by Crippen LogP contribution is -2.53. The van der Waals surface area contributed by atoms with E-state index in [2.05, 4.69) is 42.3 Å². The van der Waals surface area contributed by atoms with Crippen molar-refractivity contribution in [1.29, 1.82) is 0 Å². The summed E-state index contributed by atoms with van der Waals surface area (Å²) in [6, 6.07) is 6.63. The van der Waals surface area contributed by atoms with Crippen molar-refractivity contribution >= 4 is 11.7 Å². The number of nitrogens with one attached hydrogen (secondary N) is 1. The minimum atomic E-state index is 0.0102. The summed E-state index contributed by atoms with van der Waals surface area (Å²) in [6.45, 7) is 9.62. The Morgan fingerprint density at radius 2 is 1.96 bits per heavy atom. The predicted octanol–water partition coefficient (Wildman–Crippen LogP) is 2.30. The van der Waals surface area contributed by atoms with Gasteiger partial charge in [0.1, 0.15) is 0 Å². The molecule has 0 bridgehead atoms. The van der Waals surface area contributed by atoms with Gasteiger partial charge in [0.05, 0.1) is 0 Å². The summed E-state index contributed by atoms with van der Waals surface area (Å²) in [5.74, 6) is 0. The van der Waals surface area contributed by atoms with E-state index in [-0.39, 0.29) is 18.7 Å². The zero-order chi connectivity index (χ0) is 16.8. The van der Waals surface area contributed by atoms with Gasteiger partial charge < -0.3 is 20.2 Å². The summed E-state index contributed by atoms with van der Waals surface area (Å²) in [5, 5.41) is 11.9. The summed E-state index contributed by atoms with van der Waals surface area (Å²) in [6.07, 6.45) is 1.53. The van der Waals surface area contributed by atoms with Gasteiger partial charge in [-0.25, -0.2) is 4.79 Å². The molecule has 1 heterocycles. The van der Waals surface area contributed by atoms with E-state index in [0.717, 1.165) is 39.0 Å². The number of carbonyl (C=O) groups is 1. The highest BCUT2D eigenvalue weighted by atomic mass is 16.3. The number of aliphatic hydroxyl groups excluding tert-OH is 1. The Morgan fingerprint density at radius 1 is 1.26 bits per heavy atom. The van der Waals surface area contributed by atoms with Crippen LogP contribution in [0.4, 0.5) is 10.5 Å². The lowest BCUT2D eigenvalue weighted by Gasteiger charge is -2.37. The van der Waals surface area contributed by atoms with Crippen LogP contribution in [-0.2, 0) is 0 Å². The molecule has 2 rings (SSSR count).